The third-order valence-electron chi connectivity index (χ3n) is 2.39. The van der Waals surface area contributed by atoms with Gasteiger partial charge in [-0.05, 0) is 12.3 Å². The molecule has 1 heterocycles. The number of hydrogen-bond donors (Lipinski definition) is 0. The van der Waals surface area contributed by atoms with Gasteiger partial charge >= 0.3 is 5.97 Å². The molecule has 0 unspecified atom stereocenters. The lowest BCUT2D eigenvalue weighted by Gasteiger charge is -2.20. The summed E-state index contributed by atoms with van der Waals surface area (Å²) in [5, 5.41) is 0. The monoisotopic (exact) mass is 185 g/mol. The molecule has 13 heavy (non-hydrogen) atoms. The Balaban J connectivity index is 2.71. The van der Waals surface area contributed by atoms with E-state index >= 15 is 0 Å². The molecule has 74 valence electrons. The van der Waals surface area contributed by atoms with Crippen molar-refractivity contribution in [1.82, 2.24) is 4.90 Å². The van der Waals surface area contributed by atoms with Crippen molar-refractivity contribution in [2.45, 2.75) is 26.3 Å². The number of carbonyl (C=O) groups excluding carboxylic acids is 2. The van der Waals surface area contributed by atoms with E-state index in [9.17, 15) is 9.59 Å². The maximum Gasteiger partial charge on any atom is 0.328 e. The summed E-state index contributed by atoms with van der Waals surface area (Å²) in [7, 11) is 1.35. The number of rotatable bonds is 1. The molecule has 0 radical (unpaired) electrons. The predicted octanol–water partition coefficient (Wildman–Crippen LogP) is 0.416. The van der Waals surface area contributed by atoms with E-state index in [2.05, 4.69) is 4.74 Å². The van der Waals surface area contributed by atoms with Crippen LogP contribution < -0.4 is 0 Å². The SMILES string of the molecule is COC(=O)[C@@H]1C[C@@H](C)CN1C(C)=O. The number of nitrogens with zero attached hydrogens (tertiary/aromatic N) is 1. The Morgan fingerprint density at radius 2 is 2.08 bits per heavy atom. The van der Waals surface area contributed by atoms with Crippen LogP contribution in [0.1, 0.15) is 20.3 Å². The number of likely N-dealkylation sites (tertiary alicyclic amines) is 1. The molecule has 1 saturated heterocycles. The number of esters is 1. The Morgan fingerprint density at radius 1 is 1.46 bits per heavy atom. The fourth-order valence-corrected chi connectivity index (χ4v) is 1.75. The lowest BCUT2D eigenvalue weighted by Crippen LogP contribution is -2.39. The Morgan fingerprint density at radius 3 is 2.54 bits per heavy atom. The Labute approximate surface area is 77.8 Å². The molecule has 1 aliphatic heterocycles. The van der Waals surface area contributed by atoms with Gasteiger partial charge in [-0.3, -0.25) is 4.79 Å². The second-order valence-corrected chi connectivity index (χ2v) is 3.55. The number of ether oxygens (including phenoxy) is 1. The van der Waals surface area contributed by atoms with Gasteiger partial charge in [0, 0.05) is 13.5 Å². The lowest BCUT2D eigenvalue weighted by molar-refractivity contribution is -0.150. The summed E-state index contributed by atoms with van der Waals surface area (Å²) in [6.07, 6.45) is 0.715. The number of carbonyl (C=O) groups is 2. The highest BCUT2D eigenvalue weighted by Gasteiger charge is 2.36. The van der Waals surface area contributed by atoms with Crippen LogP contribution in [0.2, 0.25) is 0 Å². The molecule has 2 atom stereocenters. The van der Waals surface area contributed by atoms with E-state index < -0.39 is 0 Å². The predicted molar refractivity (Wildman–Crippen MR) is 47.0 cm³/mol. The smallest absolute Gasteiger partial charge is 0.328 e. The first-order chi connectivity index (χ1) is 6.06. The average molecular weight is 185 g/mol. The molecular weight excluding hydrogens is 170 g/mol. The average Bonchev–Trinajstić information content (AvgIpc) is 2.46. The van der Waals surface area contributed by atoms with Crippen LogP contribution in [0.4, 0.5) is 0 Å². The Kier molecular flexibility index (Phi) is 2.90. The van der Waals surface area contributed by atoms with Crippen molar-refractivity contribution in [3.8, 4) is 0 Å². The molecule has 0 bridgehead atoms. The van der Waals surface area contributed by atoms with Crippen molar-refractivity contribution in [3.05, 3.63) is 0 Å². The maximum atomic E-state index is 11.3. The fourth-order valence-electron chi connectivity index (χ4n) is 1.75. The molecule has 1 aliphatic rings. The van der Waals surface area contributed by atoms with Gasteiger partial charge in [-0.1, -0.05) is 6.92 Å². The highest BCUT2D eigenvalue weighted by Crippen LogP contribution is 2.23. The van der Waals surface area contributed by atoms with Gasteiger partial charge in [0.05, 0.1) is 7.11 Å². The first-order valence-electron chi connectivity index (χ1n) is 4.41. The number of amides is 1. The molecular formula is C9H15NO3. The zero-order valence-electron chi connectivity index (χ0n) is 8.24. The zero-order chi connectivity index (χ0) is 10.0. The van der Waals surface area contributed by atoms with Crippen LogP contribution in [0, 0.1) is 5.92 Å². The number of hydrogen-bond acceptors (Lipinski definition) is 3. The molecule has 0 saturated carbocycles. The van der Waals surface area contributed by atoms with Crippen molar-refractivity contribution in [1.29, 1.82) is 0 Å². The van der Waals surface area contributed by atoms with E-state index in [0.717, 1.165) is 0 Å². The molecule has 4 heteroatoms. The van der Waals surface area contributed by atoms with E-state index in [1.807, 2.05) is 6.92 Å². The lowest BCUT2D eigenvalue weighted by atomic mass is 10.1. The van der Waals surface area contributed by atoms with E-state index in [1.54, 1.807) is 4.90 Å². The van der Waals surface area contributed by atoms with Crippen LogP contribution in [-0.4, -0.2) is 36.5 Å². The van der Waals surface area contributed by atoms with Crippen LogP contribution >= 0.6 is 0 Å². The Bertz CT molecular complexity index is 227. The molecule has 0 aromatic heterocycles. The summed E-state index contributed by atoms with van der Waals surface area (Å²) in [6.45, 7) is 4.17. The minimum Gasteiger partial charge on any atom is -0.467 e. The summed E-state index contributed by atoms with van der Waals surface area (Å²) in [4.78, 5) is 24.0. The second kappa shape index (κ2) is 3.77. The molecule has 0 aliphatic carbocycles. The van der Waals surface area contributed by atoms with Gasteiger partial charge in [-0.2, -0.15) is 0 Å². The van der Waals surface area contributed by atoms with Gasteiger partial charge in [0.25, 0.3) is 0 Å². The second-order valence-electron chi connectivity index (χ2n) is 3.55. The molecule has 0 N–H and O–H groups in total. The summed E-state index contributed by atoms with van der Waals surface area (Å²) in [6, 6.07) is -0.363. The van der Waals surface area contributed by atoms with Crippen LogP contribution in [0.15, 0.2) is 0 Å². The standard InChI is InChI=1S/C9H15NO3/c1-6-4-8(9(12)13-3)10(5-6)7(2)11/h6,8H,4-5H2,1-3H3/t6-,8+/m1/s1. The maximum absolute atomic E-state index is 11.3. The third-order valence-corrected chi connectivity index (χ3v) is 2.39. The van der Waals surface area contributed by atoms with Crippen molar-refractivity contribution in [2.75, 3.05) is 13.7 Å². The van der Waals surface area contributed by atoms with Gasteiger partial charge in [0.15, 0.2) is 0 Å². The zero-order valence-corrected chi connectivity index (χ0v) is 8.24. The van der Waals surface area contributed by atoms with Gasteiger partial charge in [0.2, 0.25) is 5.91 Å². The summed E-state index contributed by atoms with van der Waals surface area (Å²) in [5.41, 5.74) is 0. The largest absolute Gasteiger partial charge is 0.467 e. The molecule has 0 aromatic rings. The molecule has 1 rings (SSSR count). The van der Waals surface area contributed by atoms with Crippen molar-refractivity contribution < 1.29 is 14.3 Å². The van der Waals surface area contributed by atoms with Crippen LogP contribution in [-0.2, 0) is 14.3 Å². The van der Waals surface area contributed by atoms with E-state index in [1.165, 1.54) is 14.0 Å². The van der Waals surface area contributed by atoms with Gasteiger partial charge in [-0.15, -0.1) is 0 Å². The van der Waals surface area contributed by atoms with Crippen LogP contribution in [0.3, 0.4) is 0 Å². The van der Waals surface area contributed by atoms with Crippen LogP contribution in [0.5, 0.6) is 0 Å². The summed E-state index contributed by atoms with van der Waals surface area (Å²) < 4.78 is 4.63. The van der Waals surface area contributed by atoms with Crippen molar-refractivity contribution >= 4 is 11.9 Å². The highest BCUT2D eigenvalue weighted by atomic mass is 16.5. The molecule has 1 fully saturated rings. The topological polar surface area (TPSA) is 46.6 Å². The minimum absolute atomic E-state index is 0.0558. The van der Waals surface area contributed by atoms with Gasteiger partial charge in [-0.25, -0.2) is 4.79 Å². The normalized spacial score (nSPS) is 27.5. The fraction of sp³-hybridized carbons (Fsp3) is 0.778. The highest BCUT2D eigenvalue weighted by molar-refractivity contribution is 5.83. The third kappa shape index (κ3) is 1.99. The minimum atomic E-state index is -0.363. The quantitative estimate of drug-likeness (QED) is 0.556. The number of methoxy groups -OCH3 is 1. The van der Waals surface area contributed by atoms with E-state index in [4.69, 9.17) is 0 Å². The summed E-state index contributed by atoms with van der Waals surface area (Å²) in [5.74, 6) is 0.0206. The molecule has 0 spiro atoms. The van der Waals surface area contributed by atoms with E-state index in [-0.39, 0.29) is 17.9 Å². The summed E-state index contributed by atoms with van der Waals surface area (Å²) >= 11 is 0. The molecule has 0 aromatic carbocycles. The van der Waals surface area contributed by atoms with Crippen molar-refractivity contribution in [3.63, 3.8) is 0 Å². The van der Waals surface area contributed by atoms with Crippen LogP contribution in [0.25, 0.3) is 0 Å². The Hall–Kier alpha value is -1.06. The van der Waals surface area contributed by atoms with Gasteiger partial charge < -0.3 is 9.64 Å². The van der Waals surface area contributed by atoms with E-state index in [0.29, 0.717) is 18.9 Å². The first-order valence-corrected chi connectivity index (χ1v) is 4.41. The first kappa shape index (κ1) is 10.0. The van der Waals surface area contributed by atoms with Gasteiger partial charge in [0.1, 0.15) is 6.04 Å². The molecule has 4 nitrogen and oxygen atoms in total. The van der Waals surface area contributed by atoms with Crippen molar-refractivity contribution in [2.24, 2.45) is 5.92 Å². The molecule has 1 amide bonds.